The molecule has 18 heteroatoms. The molecule has 0 aliphatic carbocycles. The van der Waals surface area contributed by atoms with E-state index in [1.807, 2.05) is 0 Å². The number of carbonyl (C=O) groups excluding carboxylic acids is 2. The molecule has 0 saturated carbocycles. The number of esters is 1. The Kier molecular flexibility index (Phi) is 6.88. The topological polar surface area (TPSA) is 219 Å². The summed E-state index contributed by atoms with van der Waals surface area (Å²) in [6.45, 7) is -4.05. The van der Waals surface area contributed by atoms with E-state index in [1.54, 1.807) is 0 Å². The van der Waals surface area contributed by atoms with E-state index in [4.69, 9.17) is 0 Å². The number of hydrogen-bond acceptors (Lipinski definition) is 11. The van der Waals surface area contributed by atoms with Crippen LogP contribution in [0, 0.1) is 40.5 Å². The van der Waals surface area contributed by atoms with Gasteiger partial charge in [-0.1, -0.05) is 8.78 Å². The van der Waals surface area contributed by atoms with Crippen LogP contribution in [0.2, 0.25) is 0 Å². The predicted octanol–water partition coefficient (Wildman–Crippen LogP) is -1.27. The van der Waals surface area contributed by atoms with Crippen molar-refractivity contribution in [3.63, 3.8) is 0 Å². The first-order chi connectivity index (χ1) is 11.7. The van der Waals surface area contributed by atoms with E-state index in [1.165, 1.54) is 0 Å². The van der Waals surface area contributed by atoms with Gasteiger partial charge < -0.3 is 4.74 Å². The average molecular weight is 389 g/mol. The molecule has 0 radical (unpaired) electrons. The number of amides is 1. The van der Waals surface area contributed by atoms with Crippen LogP contribution in [-0.2, 0) is 14.3 Å². The number of hydrogen-bond donors (Lipinski definition) is 0. The minimum atomic E-state index is -4.74. The van der Waals surface area contributed by atoms with E-state index in [-0.39, 0.29) is 0 Å². The monoisotopic (exact) mass is 389 g/mol. The molecule has 0 N–H and O–H groups in total. The number of alkyl halides is 2. The molecule has 0 aromatic carbocycles. The highest BCUT2D eigenvalue weighted by Crippen LogP contribution is 2.21. The summed E-state index contributed by atoms with van der Waals surface area (Å²) in [5.41, 5.74) is 0. The summed E-state index contributed by atoms with van der Waals surface area (Å²) in [7, 11) is 0. The lowest BCUT2D eigenvalue weighted by atomic mass is 10.3. The Morgan fingerprint density at radius 3 is 1.42 bits per heavy atom. The Morgan fingerprint density at radius 1 is 0.885 bits per heavy atom. The van der Waals surface area contributed by atoms with Crippen LogP contribution in [0.4, 0.5) is 8.78 Å². The lowest BCUT2D eigenvalue weighted by Gasteiger charge is -2.22. The second kappa shape index (κ2) is 7.98. The molecule has 0 aromatic heterocycles. The molecule has 0 aliphatic rings. The van der Waals surface area contributed by atoms with E-state index in [2.05, 4.69) is 4.74 Å². The van der Waals surface area contributed by atoms with Gasteiger partial charge in [-0.15, -0.1) is 0 Å². The van der Waals surface area contributed by atoms with Crippen molar-refractivity contribution in [2.45, 2.75) is 18.8 Å². The average Bonchev–Trinajstić information content (AvgIpc) is 2.52. The molecule has 16 nitrogen and oxygen atoms in total. The Balaban J connectivity index is 6.06. The number of carbonyl (C=O) groups is 2. The van der Waals surface area contributed by atoms with Crippen LogP contribution in [0.15, 0.2) is 0 Å². The zero-order valence-electron chi connectivity index (χ0n) is 12.6. The fraction of sp³-hybridized carbons (Fsp3) is 0.750. The van der Waals surface area contributed by atoms with Gasteiger partial charge in [0.05, 0.1) is 6.61 Å². The molecule has 26 heavy (non-hydrogen) atoms. The van der Waals surface area contributed by atoms with Gasteiger partial charge in [0.25, 0.3) is 0 Å². The van der Waals surface area contributed by atoms with Crippen LogP contribution >= 0.6 is 0 Å². The third-order valence-corrected chi connectivity index (χ3v) is 2.64. The maximum absolute atomic E-state index is 13.9. The summed E-state index contributed by atoms with van der Waals surface area (Å²) >= 11 is 0. The first-order valence-electron chi connectivity index (χ1n) is 6.15. The molecule has 0 unspecified atom stereocenters. The molecule has 0 atom stereocenters. The molecule has 0 rings (SSSR count). The highest BCUT2D eigenvalue weighted by atomic mass is 19.2. The minimum Gasteiger partial charge on any atom is -0.459 e. The molecule has 0 spiro atoms. The van der Waals surface area contributed by atoms with Gasteiger partial charge in [0.15, 0.2) is 0 Å². The Morgan fingerprint density at radius 2 is 1.19 bits per heavy atom. The van der Waals surface area contributed by atoms with Gasteiger partial charge in [-0.3, -0.25) is 50.2 Å². The number of nitrogens with zero attached hydrogens (tertiary/aromatic N) is 5. The van der Waals surface area contributed by atoms with Gasteiger partial charge in [-0.05, 0) is 6.92 Å². The molecule has 0 bridgehead atoms. The van der Waals surface area contributed by atoms with Gasteiger partial charge >= 0.3 is 23.7 Å². The van der Waals surface area contributed by atoms with Gasteiger partial charge in [0.2, 0.25) is 13.1 Å². The number of nitro groups is 4. The van der Waals surface area contributed by atoms with E-state index in [9.17, 15) is 58.8 Å². The van der Waals surface area contributed by atoms with Gasteiger partial charge in [-0.2, -0.15) is 0 Å². The van der Waals surface area contributed by atoms with Crippen molar-refractivity contribution >= 4 is 11.9 Å². The van der Waals surface area contributed by atoms with Crippen molar-refractivity contribution in [1.82, 2.24) is 4.90 Å². The molecule has 0 heterocycles. The predicted molar refractivity (Wildman–Crippen MR) is 68.9 cm³/mol. The molecular weight excluding hydrogens is 380 g/mol. The van der Waals surface area contributed by atoms with E-state index < -0.39 is 68.0 Å². The zero-order chi connectivity index (χ0) is 20.9. The van der Waals surface area contributed by atoms with Crippen LogP contribution < -0.4 is 0 Å². The normalized spacial score (nSPS) is 11.3. The minimum absolute atomic E-state index is 0.505. The van der Waals surface area contributed by atoms with E-state index in [0.717, 1.165) is 6.92 Å². The largest absolute Gasteiger partial charge is 0.631 e. The maximum atomic E-state index is 13.9. The Bertz CT molecular complexity index is 586. The van der Waals surface area contributed by atoms with Crippen LogP contribution in [0.3, 0.4) is 0 Å². The van der Waals surface area contributed by atoms with Crippen molar-refractivity contribution < 1.29 is 42.8 Å². The number of halogens is 2. The van der Waals surface area contributed by atoms with Crippen molar-refractivity contribution in [3.8, 4) is 0 Å². The van der Waals surface area contributed by atoms with Crippen molar-refractivity contribution in [2.75, 3.05) is 19.7 Å². The Labute approximate surface area is 139 Å². The lowest BCUT2D eigenvalue weighted by molar-refractivity contribution is -0.837. The summed E-state index contributed by atoms with van der Waals surface area (Å²) in [5.74, 6) is -13.6. The first-order valence-corrected chi connectivity index (χ1v) is 6.15. The summed E-state index contributed by atoms with van der Waals surface area (Å²) in [6.07, 6.45) is 0. The summed E-state index contributed by atoms with van der Waals surface area (Å²) in [4.78, 5) is 55.6. The quantitative estimate of drug-likeness (QED) is 0.113. The smallest absolute Gasteiger partial charge is 0.459 e. The van der Waals surface area contributed by atoms with Crippen LogP contribution in [-0.4, -0.2) is 68.0 Å². The Hall–Kier alpha value is -3.60. The highest BCUT2D eigenvalue weighted by Gasteiger charge is 2.65. The van der Waals surface area contributed by atoms with Crippen LogP contribution in [0.1, 0.15) is 6.92 Å². The van der Waals surface area contributed by atoms with E-state index >= 15 is 0 Å². The SMILES string of the molecule is CCOC(=O)C(=O)N(CC(F)([N+](=O)[O-])[N+](=O)[O-])CC(F)([N+](=O)[O-])[N+](=O)[O-]. The van der Waals surface area contributed by atoms with Gasteiger partial charge in [0.1, 0.15) is 19.7 Å². The molecule has 146 valence electrons. The van der Waals surface area contributed by atoms with Crippen molar-refractivity contribution in [1.29, 1.82) is 0 Å². The molecular formula is C8H9F2N5O11. The van der Waals surface area contributed by atoms with Crippen molar-refractivity contribution in [2.24, 2.45) is 0 Å². The third-order valence-electron chi connectivity index (χ3n) is 2.64. The molecule has 0 aromatic rings. The molecule has 1 amide bonds. The number of rotatable bonds is 9. The van der Waals surface area contributed by atoms with Crippen LogP contribution in [0.25, 0.3) is 0 Å². The fourth-order valence-electron chi connectivity index (χ4n) is 1.37. The second-order valence-electron chi connectivity index (χ2n) is 4.35. The van der Waals surface area contributed by atoms with Crippen LogP contribution in [0.5, 0.6) is 0 Å². The summed E-state index contributed by atoms with van der Waals surface area (Å²) < 4.78 is 31.8. The number of ether oxygens (including phenoxy) is 1. The molecule has 0 aliphatic heterocycles. The lowest BCUT2D eigenvalue weighted by Crippen LogP contribution is -2.59. The first kappa shape index (κ1) is 22.4. The molecule has 0 fully saturated rings. The zero-order valence-corrected chi connectivity index (χ0v) is 12.6. The summed E-state index contributed by atoms with van der Waals surface area (Å²) in [5, 5.41) is 42.1. The molecule has 0 saturated heterocycles. The third kappa shape index (κ3) is 4.48. The highest BCUT2D eigenvalue weighted by molar-refractivity contribution is 6.32. The fourth-order valence-corrected chi connectivity index (χ4v) is 1.37. The standard InChI is InChI=1S/C8H9F2N5O11/c1-2-26-6(17)5(16)11(3-7(9,12(18)19)13(20)21)4-8(10,14(22)23)15(24)25/h2-4H2,1H3. The van der Waals surface area contributed by atoms with E-state index in [0.29, 0.717) is 0 Å². The maximum Gasteiger partial charge on any atom is 0.631 e. The summed E-state index contributed by atoms with van der Waals surface area (Å²) in [6, 6.07) is 0. The van der Waals surface area contributed by atoms with Crippen molar-refractivity contribution in [3.05, 3.63) is 40.5 Å². The van der Waals surface area contributed by atoms with Gasteiger partial charge in [0, 0.05) is 0 Å². The van der Waals surface area contributed by atoms with Gasteiger partial charge in [-0.25, -0.2) is 4.79 Å². The second-order valence-corrected chi connectivity index (χ2v) is 4.35.